The van der Waals surface area contributed by atoms with Crippen LogP contribution in [0, 0.1) is 4.91 Å². The molecule has 0 bridgehead atoms. The first-order chi connectivity index (χ1) is 6.61. The number of aromatic nitrogens is 2. The largest absolute Gasteiger partial charge is 0.296 e. The third kappa shape index (κ3) is 1.39. The standard InChI is InChI=1S/C5H4N6O3/c1-11-5(13)3(9-14)2(8-11)4(12)7-10-6/h8H,1H3. The second-order valence-electron chi connectivity index (χ2n) is 2.29. The van der Waals surface area contributed by atoms with Gasteiger partial charge in [0.1, 0.15) is 5.69 Å². The van der Waals surface area contributed by atoms with Crippen LogP contribution >= 0.6 is 0 Å². The molecule has 14 heavy (non-hydrogen) atoms. The number of rotatable bonds is 2. The first-order valence-corrected chi connectivity index (χ1v) is 3.33. The highest BCUT2D eigenvalue weighted by Crippen LogP contribution is 2.11. The van der Waals surface area contributed by atoms with Crippen LogP contribution in [-0.2, 0) is 7.05 Å². The van der Waals surface area contributed by atoms with E-state index in [4.69, 9.17) is 5.53 Å². The van der Waals surface area contributed by atoms with Crippen LogP contribution in [0.5, 0.6) is 0 Å². The van der Waals surface area contributed by atoms with Gasteiger partial charge in [0.2, 0.25) is 5.69 Å². The highest BCUT2D eigenvalue weighted by atomic mass is 16.3. The molecule has 0 fully saturated rings. The SMILES string of the molecule is Cn1[nH]c(C(=O)N=[N+]=[N-])c(N=O)c1=O. The minimum Gasteiger partial charge on any atom is -0.290 e. The molecule has 9 nitrogen and oxygen atoms in total. The lowest BCUT2D eigenvalue weighted by atomic mass is 10.3. The Labute approximate surface area is 75.9 Å². The van der Waals surface area contributed by atoms with Crippen molar-refractivity contribution >= 4 is 11.6 Å². The van der Waals surface area contributed by atoms with Crippen LogP contribution in [0.1, 0.15) is 10.5 Å². The van der Waals surface area contributed by atoms with Gasteiger partial charge in [-0.1, -0.05) is 0 Å². The molecule has 0 spiro atoms. The lowest BCUT2D eigenvalue weighted by Gasteiger charge is -1.87. The Balaban J connectivity index is 3.42. The summed E-state index contributed by atoms with van der Waals surface area (Å²) < 4.78 is 0.886. The third-order valence-corrected chi connectivity index (χ3v) is 1.46. The van der Waals surface area contributed by atoms with Crippen molar-refractivity contribution in [3.05, 3.63) is 31.4 Å². The van der Waals surface area contributed by atoms with Crippen molar-refractivity contribution < 1.29 is 4.79 Å². The number of aryl methyl sites for hydroxylation is 1. The van der Waals surface area contributed by atoms with E-state index in [0.717, 1.165) is 4.68 Å². The number of nitrogens with zero attached hydrogens (tertiary/aromatic N) is 5. The van der Waals surface area contributed by atoms with E-state index in [0.29, 0.717) is 0 Å². The van der Waals surface area contributed by atoms with Gasteiger partial charge in [-0.05, 0) is 15.8 Å². The molecule has 0 unspecified atom stereocenters. The lowest BCUT2D eigenvalue weighted by molar-refractivity contribution is 0.0995. The number of azide groups is 1. The van der Waals surface area contributed by atoms with Gasteiger partial charge in [-0.3, -0.25) is 19.4 Å². The minimum atomic E-state index is -1.06. The van der Waals surface area contributed by atoms with Gasteiger partial charge in [0.15, 0.2) is 0 Å². The molecule has 0 atom stereocenters. The average Bonchev–Trinajstić information content (AvgIpc) is 2.44. The zero-order chi connectivity index (χ0) is 10.7. The lowest BCUT2D eigenvalue weighted by Crippen LogP contribution is -2.10. The summed E-state index contributed by atoms with van der Waals surface area (Å²) in [6.45, 7) is 0. The van der Waals surface area contributed by atoms with Crippen LogP contribution in [0.15, 0.2) is 15.1 Å². The molecular weight excluding hydrogens is 192 g/mol. The highest BCUT2D eigenvalue weighted by Gasteiger charge is 2.18. The molecule has 0 radical (unpaired) electrons. The maximum atomic E-state index is 11.1. The molecule has 1 aromatic rings. The smallest absolute Gasteiger partial charge is 0.290 e. The van der Waals surface area contributed by atoms with Gasteiger partial charge in [0.25, 0.3) is 11.5 Å². The van der Waals surface area contributed by atoms with Crippen molar-refractivity contribution in [2.45, 2.75) is 0 Å². The number of aromatic amines is 1. The fourth-order valence-electron chi connectivity index (χ4n) is 0.862. The number of nitrogens with one attached hydrogen (secondary N) is 1. The van der Waals surface area contributed by atoms with E-state index < -0.39 is 22.8 Å². The topological polar surface area (TPSA) is 133 Å². The third-order valence-electron chi connectivity index (χ3n) is 1.46. The Hall–Kier alpha value is -2.41. The molecule has 0 aliphatic carbocycles. The van der Waals surface area contributed by atoms with Crippen LogP contribution in [0.25, 0.3) is 10.4 Å². The van der Waals surface area contributed by atoms with Crippen molar-refractivity contribution in [3.63, 3.8) is 0 Å². The number of carbonyl (C=O) groups is 1. The molecule has 0 saturated heterocycles. The number of nitroso groups, excluding NO2 is 1. The second kappa shape index (κ2) is 3.54. The molecule has 1 rings (SSSR count). The van der Waals surface area contributed by atoms with E-state index in [-0.39, 0.29) is 0 Å². The predicted octanol–water partition coefficient (Wildman–Crippen LogP) is 0.562. The summed E-state index contributed by atoms with van der Waals surface area (Å²) in [4.78, 5) is 34.5. The summed E-state index contributed by atoms with van der Waals surface area (Å²) in [7, 11) is 1.30. The number of hydrogen-bond acceptors (Lipinski definition) is 4. The van der Waals surface area contributed by atoms with Gasteiger partial charge in [-0.2, -0.15) is 0 Å². The number of carbonyl (C=O) groups excluding carboxylic acids is 1. The molecule has 0 saturated carbocycles. The van der Waals surface area contributed by atoms with E-state index in [1.807, 2.05) is 0 Å². The Kier molecular flexibility index (Phi) is 2.45. The average molecular weight is 196 g/mol. The monoisotopic (exact) mass is 196 g/mol. The first kappa shape index (κ1) is 9.68. The summed E-state index contributed by atoms with van der Waals surface area (Å²) in [6, 6.07) is 0. The van der Waals surface area contributed by atoms with Crippen molar-refractivity contribution in [3.8, 4) is 0 Å². The summed E-state index contributed by atoms with van der Waals surface area (Å²) >= 11 is 0. The van der Waals surface area contributed by atoms with Crippen molar-refractivity contribution in [1.82, 2.24) is 9.78 Å². The molecule has 0 aromatic carbocycles. The van der Waals surface area contributed by atoms with Gasteiger partial charge in [-0.15, -0.1) is 4.91 Å². The predicted molar refractivity (Wildman–Crippen MR) is 45.0 cm³/mol. The molecule has 0 aliphatic rings. The zero-order valence-corrected chi connectivity index (χ0v) is 6.96. The highest BCUT2D eigenvalue weighted by molar-refractivity contribution is 5.97. The second-order valence-corrected chi connectivity index (χ2v) is 2.29. The molecule has 72 valence electrons. The molecule has 9 heteroatoms. The fraction of sp³-hybridized carbons (Fsp3) is 0.200. The van der Waals surface area contributed by atoms with Crippen LogP contribution in [0.4, 0.5) is 5.69 Å². The van der Waals surface area contributed by atoms with Crippen LogP contribution in [0.2, 0.25) is 0 Å². The summed E-state index contributed by atoms with van der Waals surface area (Å²) in [5.41, 5.74) is 6.21. The van der Waals surface area contributed by atoms with E-state index >= 15 is 0 Å². The van der Waals surface area contributed by atoms with Crippen LogP contribution in [0.3, 0.4) is 0 Å². The summed E-state index contributed by atoms with van der Waals surface area (Å²) in [5, 5.41) is 7.34. The van der Waals surface area contributed by atoms with Gasteiger partial charge in [0.05, 0.1) is 0 Å². The van der Waals surface area contributed by atoms with E-state index in [9.17, 15) is 14.5 Å². The molecule has 1 aromatic heterocycles. The van der Waals surface area contributed by atoms with E-state index in [2.05, 4.69) is 20.3 Å². The quantitative estimate of drug-likeness (QED) is 0.320. The molecule has 1 heterocycles. The number of amides is 1. The Morgan fingerprint density at radius 2 is 2.29 bits per heavy atom. The maximum absolute atomic E-state index is 11.1. The van der Waals surface area contributed by atoms with Crippen molar-refractivity contribution in [2.24, 2.45) is 17.3 Å². The molecular formula is C5H4N6O3. The van der Waals surface area contributed by atoms with E-state index in [1.165, 1.54) is 7.05 Å². The fourth-order valence-corrected chi connectivity index (χ4v) is 0.862. The van der Waals surface area contributed by atoms with Gasteiger partial charge in [-0.25, -0.2) is 0 Å². The van der Waals surface area contributed by atoms with Crippen LogP contribution < -0.4 is 5.56 Å². The van der Waals surface area contributed by atoms with E-state index in [1.54, 1.807) is 0 Å². The number of H-pyrrole nitrogens is 1. The minimum absolute atomic E-state index is 0.412. The summed E-state index contributed by atoms with van der Waals surface area (Å²) in [6.07, 6.45) is 0. The maximum Gasteiger partial charge on any atom is 0.296 e. The van der Waals surface area contributed by atoms with Gasteiger partial charge >= 0.3 is 0 Å². The first-order valence-electron chi connectivity index (χ1n) is 3.33. The zero-order valence-electron chi connectivity index (χ0n) is 6.96. The van der Waals surface area contributed by atoms with Gasteiger partial charge in [0, 0.05) is 12.0 Å². The summed E-state index contributed by atoms with van der Waals surface area (Å²) in [5.74, 6) is -1.06. The van der Waals surface area contributed by atoms with Crippen LogP contribution in [-0.4, -0.2) is 15.7 Å². The molecule has 1 N–H and O–H groups in total. The Morgan fingerprint density at radius 3 is 2.79 bits per heavy atom. The normalized spacial score (nSPS) is 9.21. The van der Waals surface area contributed by atoms with Crippen molar-refractivity contribution in [2.75, 3.05) is 0 Å². The van der Waals surface area contributed by atoms with Crippen molar-refractivity contribution in [1.29, 1.82) is 0 Å². The Bertz CT molecular complexity index is 490. The van der Waals surface area contributed by atoms with Gasteiger partial charge < -0.3 is 0 Å². The number of hydrogen-bond donors (Lipinski definition) is 1. The molecule has 1 amide bonds. The molecule has 0 aliphatic heterocycles. The Morgan fingerprint density at radius 1 is 1.64 bits per heavy atom.